The molecule has 11 heteroatoms. The van der Waals surface area contributed by atoms with Gasteiger partial charge in [0, 0.05) is 31.4 Å². The highest BCUT2D eigenvalue weighted by Crippen LogP contribution is 2.32. The second-order valence-corrected chi connectivity index (χ2v) is 6.90. The van der Waals surface area contributed by atoms with Gasteiger partial charge in [-0.3, -0.25) is 15.3 Å². The van der Waals surface area contributed by atoms with E-state index in [0.717, 1.165) is 0 Å². The molecule has 0 saturated heterocycles. The predicted octanol–water partition coefficient (Wildman–Crippen LogP) is -0.275. The molecule has 2 amide bonds. The zero-order valence-corrected chi connectivity index (χ0v) is 17.2. The summed E-state index contributed by atoms with van der Waals surface area (Å²) >= 11 is 0. The first kappa shape index (κ1) is 23.8. The van der Waals surface area contributed by atoms with E-state index in [2.05, 4.69) is 20.8 Å². The van der Waals surface area contributed by atoms with E-state index >= 15 is 0 Å². The van der Waals surface area contributed by atoms with E-state index in [1.54, 1.807) is 18.2 Å². The molecule has 0 fully saturated rings. The minimum atomic E-state index is -2.00. The van der Waals surface area contributed by atoms with Crippen LogP contribution >= 0.6 is 0 Å². The van der Waals surface area contributed by atoms with Crippen LogP contribution in [0.15, 0.2) is 43.0 Å². The number of hydrogen-bond donors (Lipinski definition) is 4. The van der Waals surface area contributed by atoms with E-state index in [1.165, 1.54) is 38.6 Å². The summed E-state index contributed by atoms with van der Waals surface area (Å²) in [5, 5.41) is 22.9. The van der Waals surface area contributed by atoms with Gasteiger partial charge in [0.2, 0.25) is 11.6 Å². The molecule has 1 aromatic carbocycles. The fraction of sp³-hybridized carbons (Fsp3) is 0.350. The van der Waals surface area contributed by atoms with Gasteiger partial charge in [-0.1, -0.05) is 12.1 Å². The lowest BCUT2D eigenvalue weighted by Crippen LogP contribution is -2.62. The number of aromatic nitrogens is 2. The van der Waals surface area contributed by atoms with Crippen molar-refractivity contribution < 1.29 is 24.3 Å². The molecule has 2 aromatic rings. The van der Waals surface area contributed by atoms with E-state index in [1.807, 2.05) is 6.07 Å². The average Bonchev–Trinajstić information content (AvgIpc) is 2.77. The van der Waals surface area contributed by atoms with E-state index in [-0.39, 0.29) is 42.4 Å². The summed E-state index contributed by atoms with van der Waals surface area (Å²) in [6, 6.07) is 8.09. The maximum atomic E-state index is 12.4. The van der Waals surface area contributed by atoms with Crippen LogP contribution in [-0.2, 0) is 20.1 Å². The monoisotopic (exact) mass is 428 g/mol. The highest BCUT2D eigenvalue weighted by molar-refractivity contribution is 5.92. The highest BCUT2D eigenvalue weighted by Gasteiger charge is 2.48. The van der Waals surface area contributed by atoms with Crippen molar-refractivity contribution in [1.29, 1.82) is 5.26 Å². The first-order chi connectivity index (χ1) is 14.7. The SMILES string of the molecule is CC(=O)NCCOCC(C)(O)C(N)(ONC(=O)c1cncnc1)c1cccc(C#N)c1. The summed E-state index contributed by atoms with van der Waals surface area (Å²) in [4.78, 5) is 36.3. The van der Waals surface area contributed by atoms with Gasteiger partial charge in [-0.05, 0) is 19.1 Å². The molecule has 5 N–H and O–H groups in total. The van der Waals surface area contributed by atoms with Gasteiger partial charge in [-0.2, -0.15) is 5.26 Å². The topological polar surface area (TPSA) is 172 Å². The second-order valence-electron chi connectivity index (χ2n) is 6.90. The van der Waals surface area contributed by atoms with Gasteiger partial charge in [0.15, 0.2) is 0 Å². The number of hydrogen-bond acceptors (Lipinski definition) is 9. The van der Waals surface area contributed by atoms with Crippen molar-refractivity contribution in [1.82, 2.24) is 20.8 Å². The van der Waals surface area contributed by atoms with Gasteiger partial charge in [-0.25, -0.2) is 20.3 Å². The maximum Gasteiger partial charge on any atom is 0.278 e. The number of rotatable bonds is 10. The molecule has 31 heavy (non-hydrogen) atoms. The van der Waals surface area contributed by atoms with E-state index < -0.39 is 17.2 Å². The summed E-state index contributed by atoms with van der Waals surface area (Å²) in [5.74, 6) is -0.901. The minimum Gasteiger partial charge on any atom is -0.383 e. The zero-order chi connectivity index (χ0) is 22.9. The van der Waals surface area contributed by atoms with E-state index in [9.17, 15) is 20.0 Å². The minimum absolute atomic E-state index is 0.109. The van der Waals surface area contributed by atoms with Crippen molar-refractivity contribution in [2.24, 2.45) is 5.73 Å². The number of ether oxygens (including phenoxy) is 1. The average molecular weight is 428 g/mol. The molecule has 0 aliphatic carbocycles. The van der Waals surface area contributed by atoms with Crippen LogP contribution in [0.25, 0.3) is 0 Å². The van der Waals surface area contributed by atoms with Crippen LogP contribution < -0.4 is 16.5 Å². The van der Waals surface area contributed by atoms with Crippen molar-refractivity contribution in [3.63, 3.8) is 0 Å². The lowest BCUT2D eigenvalue weighted by molar-refractivity contribution is -0.222. The van der Waals surface area contributed by atoms with Crippen LogP contribution in [0.2, 0.25) is 0 Å². The Morgan fingerprint density at radius 3 is 2.68 bits per heavy atom. The number of amides is 2. The Morgan fingerprint density at radius 1 is 1.32 bits per heavy atom. The third kappa shape index (κ3) is 6.27. The number of nitriles is 1. The zero-order valence-electron chi connectivity index (χ0n) is 17.2. The summed E-state index contributed by atoms with van der Waals surface area (Å²) in [6.45, 7) is 2.78. The third-order valence-corrected chi connectivity index (χ3v) is 4.35. The first-order valence-electron chi connectivity index (χ1n) is 9.27. The van der Waals surface area contributed by atoms with Crippen LogP contribution in [-0.4, -0.2) is 52.2 Å². The number of aliphatic hydroxyl groups is 1. The molecular weight excluding hydrogens is 404 g/mol. The number of nitrogens with one attached hydrogen (secondary N) is 2. The molecule has 0 spiro atoms. The lowest BCUT2D eigenvalue weighted by Gasteiger charge is -2.41. The molecule has 164 valence electrons. The Hall–Kier alpha value is -3.43. The third-order valence-electron chi connectivity index (χ3n) is 4.35. The number of hydroxylamine groups is 1. The van der Waals surface area contributed by atoms with Crippen LogP contribution in [0.1, 0.15) is 35.3 Å². The highest BCUT2D eigenvalue weighted by atomic mass is 16.7. The van der Waals surface area contributed by atoms with Crippen molar-refractivity contribution >= 4 is 11.8 Å². The van der Waals surface area contributed by atoms with Crippen LogP contribution in [0.4, 0.5) is 0 Å². The van der Waals surface area contributed by atoms with Crippen molar-refractivity contribution in [3.05, 3.63) is 59.7 Å². The van der Waals surface area contributed by atoms with Gasteiger partial charge >= 0.3 is 0 Å². The Kier molecular flexibility index (Phi) is 8.12. The Balaban J connectivity index is 2.23. The predicted molar refractivity (Wildman–Crippen MR) is 108 cm³/mol. The standard InChI is InChI=1S/C20H24N6O5/c1-14(27)25-6-7-30-12-19(2,29)20(22,17-5-3-4-15(8-17)9-21)31-26-18(28)16-10-23-13-24-11-16/h3-5,8,10-11,13,29H,6-7,12,22H2,1-2H3,(H,25,27)(H,26,28). The van der Waals surface area contributed by atoms with Gasteiger partial charge in [-0.15, -0.1) is 0 Å². The van der Waals surface area contributed by atoms with Gasteiger partial charge < -0.3 is 15.2 Å². The summed E-state index contributed by atoms with van der Waals surface area (Å²) in [6.07, 6.45) is 3.83. The Labute approximate surface area is 179 Å². The van der Waals surface area contributed by atoms with E-state index in [4.69, 9.17) is 15.3 Å². The van der Waals surface area contributed by atoms with E-state index in [0.29, 0.717) is 0 Å². The molecule has 0 saturated carbocycles. The summed E-state index contributed by atoms with van der Waals surface area (Å²) in [5.41, 5.74) is 5.39. The van der Waals surface area contributed by atoms with Gasteiger partial charge in [0.1, 0.15) is 11.9 Å². The second kappa shape index (κ2) is 10.6. The lowest BCUT2D eigenvalue weighted by atomic mass is 9.86. The smallest absolute Gasteiger partial charge is 0.278 e. The van der Waals surface area contributed by atoms with Crippen LogP contribution in [0, 0.1) is 11.3 Å². The number of benzene rings is 1. The fourth-order valence-corrected chi connectivity index (χ4v) is 2.58. The quantitative estimate of drug-likeness (QED) is 0.226. The van der Waals surface area contributed by atoms with Crippen molar-refractivity contribution in [2.75, 3.05) is 19.8 Å². The van der Waals surface area contributed by atoms with Gasteiger partial charge in [0.05, 0.1) is 30.4 Å². The molecule has 1 heterocycles. The molecule has 0 bridgehead atoms. The molecule has 1 aromatic heterocycles. The van der Waals surface area contributed by atoms with Crippen LogP contribution in [0.5, 0.6) is 0 Å². The van der Waals surface area contributed by atoms with Crippen molar-refractivity contribution in [2.45, 2.75) is 25.2 Å². The fourth-order valence-electron chi connectivity index (χ4n) is 2.58. The van der Waals surface area contributed by atoms with Crippen molar-refractivity contribution in [3.8, 4) is 6.07 Å². The largest absolute Gasteiger partial charge is 0.383 e. The molecule has 0 aliphatic heterocycles. The molecule has 0 radical (unpaired) electrons. The Morgan fingerprint density at radius 2 is 2.03 bits per heavy atom. The number of carbonyl (C=O) groups excluding carboxylic acids is 2. The summed E-state index contributed by atoms with van der Waals surface area (Å²) < 4.78 is 5.44. The molecule has 2 atom stereocenters. The number of nitrogens with zero attached hydrogens (tertiary/aromatic N) is 3. The Bertz CT molecular complexity index is 947. The summed E-state index contributed by atoms with van der Waals surface area (Å²) in [7, 11) is 0. The molecule has 11 nitrogen and oxygen atoms in total. The normalized spacial score (nSPS) is 14.5. The number of carbonyl (C=O) groups is 2. The number of nitrogens with two attached hydrogens (primary N) is 1. The van der Waals surface area contributed by atoms with Gasteiger partial charge in [0.25, 0.3) is 5.91 Å². The maximum absolute atomic E-state index is 12.4. The van der Waals surface area contributed by atoms with Crippen LogP contribution in [0.3, 0.4) is 0 Å². The molecule has 2 rings (SSSR count). The first-order valence-corrected chi connectivity index (χ1v) is 9.27. The molecule has 0 aliphatic rings. The molecular formula is C20H24N6O5. The molecule has 2 unspecified atom stereocenters.